The fourth-order valence-corrected chi connectivity index (χ4v) is 2.62. The van der Waals surface area contributed by atoms with Gasteiger partial charge in [0.1, 0.15) is 17.1 Å². The molecule has 2 aromatic carbocycles. The van der Waals surface area contributed by atoms with E-state index in [-0.39, 0.29) is 16.9 Å². The Morgan fingerprint density at radius 2 is 1.91 bits per heavy atom. The van der Waals surface area contributed by atoms with Gasteiger partial charge in [-0.25, -0.2) is 9.18 Å². The number of hydrogen-bond acceptors (Lipinski definition) is 3. The molecule has 0 spiro atoms. The first-order valence-corrected chi connectivity index (χ1v) is 7.18. The second-order valence-electron chi connectivity index (χ2n) is 4.87. The topological polar surface area (TPSA) is 46.5 Å². The minimum atomic E-state index is -0.781. The van der Waals surface area contributed by atoms with Gasteiger partial charge in [-0.05, 0) is 36.6 Å². The molecule has 0 radical (unpaired) electrons. The lowest BCUT2D eigenvalue weighted by atomic mass is 9.91. The lowest BCUT2D eigenvalue weighted by molar-refractivity contribution is 0.0597. The number of rotatable bonds is 3. The fourth-order valence-electron chi connectivity index (χ4n) is 2.50. The lowest BCUT2D eigenvalue weighted by Gasteiger charge is -2.17. The van der Waals surface area contributed by atoms with Gasteiger partial charge in [0.25, 0.3) is 0 Å². The van der Waals surface area contributed by atoms with Crippen LogP contribution >= 0.6 is 11.6 Å². The summed E-state index contributed by atoms with van der Waals surface area (Å²) in [6, 6.07) is 6.38. The van der Waals surface area contributed by atoms with Crippen molar-refractivity contribution in [2.45, 2.75) is 20.3 Å². The van der Waals surface area contributed by atoms with Crippen LogP contribution in [0, 0.1) is 12.7 Å². The molecule has 22 heavy (non-hydrogen) atoms. The van der Waals surface area contributed by atoms with Crippen molar-refractivity contribution in [1.29, 1.82) is 0 Å². The predicted molar refractivity (Wildman–Crippen MR) is 84.0 cm³/mol. The Balaban J connectivity index is 2.87. The van der Waals surface area contributed by atoms with Crippen LogP contribution in [0.1, 0.15) is 28.4 Å². The summed E-state index contributed by atoms with van der Waals surface area (Å²) in [5, 5.41) is 10.9. The van der Waals surface area contributed by atoms with Crippen LogP contribution in [-0.4, -0.2) is 18.2 Å². The molecule has 0 fully saturated rings. The summed E-state index contributed by atoms with van der Waals surface area (Å²) in [5.41, 5.74) is 1.03. The molecule has 0 unspecified atom stereocenters. The minimum absolute atomic E-state index is 0.0238. The van der Waals surface area contributed by atoms with Gasteiger partial charge in [0.15, 0.2) is 0 Å². The van der Waals surface area contributed by atoms with Gasteiger partial charge in [-0.15, -0.1) is 0 Å². The Bertz CT molecular complexity index is 724. The molecule has 2 rings (SSSR count). The molecule has 116 valence electrons. The number of phenols is 1. The van der Waals surface area contributed by atoms with E-state index in [9.17, 15) is 14.3 Å². The van der Waals surface area contributed by atoms with Gasteiger partial charge >= 0.3 is 5.97 Å². The largest absolute Gasteiger partial charge is 0.507 e. The monoisotopic (exact) mass is 322 g/mol. The van der Waals surface area contributed by atoms with Crippen molar-refractivity contribution in [2.75, 3.05) is 7.11 Å². The zero-order valence-electron chi connectivity index (χ0n) is 12.5. The summed E-state index contributed by atoms with van der Waals surface area (Å²) in [5.74, 6) is -1.56. The van der Waals surface area contributed by atoms with Gasteiger partial charge in [-0.2, -0.15) is 0 Å². The third kappa shape index (κ3) is 2.66. The second kappa shape index (κ2) is 6.36. The van der Waals surface area contributed by atoms with E-state index in [0.717, 1.165) is 0 Å². The molecule has 0 saturated heterocycles. The van der Waals surface area contributed by atoms with E-state index in [2.05, 4.69) is 0 Å². The molecular formula is C17H16ClFO3. The van der Waals surface area contributed by atoms with Crippen LogP contribution in [-0.2, 0) is 11.2 Å². The van der Waals surface area contributed by atoms with Crippen LogP contribution < -0.4 is 0 Å². The van der Waals surface area contributed by atoms with Crippen molar-refractivity contribution in [3.8, 4) is 16.9 Å². The number of methoxy groups -OCH3 is 1. The van der Waals surface area contributed by atoms with E-state index in [1.54, 1.807) is 38.1 Å². The van der Waals surface area contributed by atoms with Crippen molar-refractivity contribution in [1.82, 2.24) is 0 Å². The van der Waals surface area contributed by atoms with Crippen LogP contribution in [0.2, 0.25) is 5.02 Å². The van der Waals surface area contributed by atoms with Gasteiger partial charge < -0.3 is 9.84 Å². The quantitative estimate of drug-likeness (QED) is 0.846. The molecule has 0 aliphatic rings. The van der Waals surface area contributed by atoms with Crippen molar-refractivity contribution in [3.63, 3.8) is 0 Å². The normalized spacial score (nSPS) is 10.6. The van der Waals surface area contributed by atoms with Gasteiger partial charge in [-0.3, -0.25) is 0 Å². The molecule has 0 atom stereocenters. The highest BCUT2D eigenvalue weighted by Gasteiger charge is 2.27. The van der Waals surface area contributed by atoms with E-state index < -0.39 is 11.8 Å². The Morgan fingerprint density at radius 1 is 1.32 bits per heavy atom. The first-order chi connectivity index (χ1) is 10.4. The number of carbonyl (C=O) groups excluding carboxylic acids is 1. The zero-order chi connectivity index (χ0) is 16.4. The predicted octanol–water partition coefficient (Wildman–Crippen LogP) is 4.51. The fraction of sp³-hybridized carbons (Fsp3) is 0.235. The standard InChI is InChI=1S/C17H16ClFO3/c1-4-12-9(2)15(19)13(10-5-7-11(18)8-6-10)14(16(12)20)17(21)22-3/h5-8,20H,4H2,1-3H3. The highest BCUT2D eigenvalue weighted by Crippen LogP contribution is 2.39. The highest BCUT2D eigenvalue weighted by molar-refractivity contribution is 6.30. The third-order valence-electron chi connectivity index (χ3n) is 3.65. The van der Waals surface area contributed by atoms with E-state index in [1.165, 1.54) is 7.11 Å². The van der Waals surface area contributed by atoms with Crippen molar-refractivity contribution in [3.05, 3.63) is 51.8 Å². The lowest BCUT2D eigenvalue weighted by Crippen LogP contribution is -2.09. The first-order valence-electron chi connectivity index (χ1n) is 6.80. The van der Waals surface area contributed by atoms with Crippen molar-refractivity contribution < 1.29 is 19.0 Å². The van der Waals surface area contributed by atoms with Gasteiger partial charge in [-0.1, -0.05) is 30.7 Å². The number of aromatic hydroxyl groups is 1. The molecule has 2 aromatic rings. The van der Waals surface area contributed by atoms with E-state index in [1.807, 2.05) is 0 Å². The molecule has 0 aliphatic carbocycles. The van der Waals surface area contributed by atoms with Crippen LogP contribution in [0.4, 0.5) is 4.39 Å². The average molecular weight is 323 g/mol. The van der Waals surface area contributed by atoms with Crippen LogP contribution in [0.5, 0.6) is 5.75 Å². The maximum absolute atomic E-state index is 14.8. The van der Waals surface area contributed by atoms with E-state index in [4.69, 9.17) is 16.3 Å². The van der Waals surface area contributed by atoms with Crippen LogP contribution in [0.15, 0.2) is 24.3 Å². The minimum Gasteiger partial charge on any atom is -0.507 e. The van der Waals surface area contributed by atoms with Crippen LogP contribution in [0.25, 0.3) is 11.1 Å². The maximum Gasteiger partial charge on any atom is 0.342 e. The number of hydrogen-bond donors (Lipinski definition) is 1. The Hall–Kier alpha value is -2.07. The summed E-state index contributed by atoms with van der Waals surface area (Å²) < 4.78 is 19.5. The van der Waals surface area contributed by atoms with Crippen molar-refractivity contribution >= 4 is 17.6 Å². The van der Waals surface area contributed by atoms with E-state index >= 15 is 0 Å². The molecule has 0 heterocycles. The molecule has 0 aromatic heterocycles. The number of phenolic OH excluding ortho intramolecular Hbond substituents is 1. The Kier molecular flexibility index (Phi) is 4.71. The van der Waals surface area contributed by atoms with Gasteiger partial charge in [0.2, 0.25) is 0 Å². The molecule has 1 N–H and O–H groups in total. The smallest absolute Gasteiger partial charge is 0.342 e. The zero-order valence-corrected chi connectivity index (χ0v) is 13.3. The molecular weight excluding hydrogens is 307 g/mol. The molecule has 0 amide bonds. The number of benzene rings is 2. The van der Waals surface area contributed by atoms with Crippen molar-refractivity contribution in [2.24, 2.45) is 0 Å². The molecule has 0 bridgehead atoms. The molecule has 5 heteroatoms. The number of ether oxygens (including phenoxy) is 1. The summed E-state index contributed by atoms with van der Waals surface area (Å²) in [6.45, 7) is 3.36. The second-order valence-corrected chi connectivity index (χ2v) is 5.30. The van der Waals surface area contributed by atoms with E-state index in [0.29, 0.717) is 28.1 Å². The highest BCUT2D eigenvalue weighted by atomic mass is 35.5. The first kappa shape index (κ1) is 16.3. The summed E-state index contributed by atoms with van der Waals surface area (Å²) in [4.78, 5) is 12.1. The number of carbonyl (C=O) groups is 1. The Morgan fingerprint density at radius 3 is 2.41 bits per heavy atom. The summed E-state index contributed by atoms with van der Waals surface area (Å²) in [7, 11) is 1.19. The van der Waals surface area contributed by atoms with Gasteiger partial charge in [0, 0.05) is 16.1 Å². The average Bonchev–Trinajstić information content (AvgIpc) is 2.51. The number of halogens is 2. The Labute approximate surface area is 133 Å². The molecule has 0 aliphatic heterocycles. The third-order valence-corrected chi connectivity index (χ3v) is 3.90. The summed E-state index contributed by atoms with van der Waals surface area (Å²) >= 11 is 5.84. The maximum atomic E-state index is 14.8. The molecule has 3 nitrogen and oxygen atoms in total. The van der Waals surface area contributed by atoms with Crippen LogP contribution in [0.3, 0.4) is 0 Å². The number of esters is 1. The van der Waals surface area contributed by atoms with Gasteiger partial charge in [0.05, 0.1) is 7.11 Å². The molecule has 0 saturated carbocycles. The summed E-state index contributed by atoms with van der Waals surface area (Å²) in [6.07, 6.45) is 0.402. The SMILES string of the molecule is CCc1c(C)c(F)c(-c2ccc(Cl)cc2)c(C(=O)OC)c1O.